The Morgan fingerprint density at radius 2 is 1.80 bits per heavy atom. The molecule has 3 aliphatic rings. The lowest BCUT2D eigenvalue weighted by molar-refractivity contribution is 0.0948. The van der Waals surface area contributed by atoms with E-state index in [9.17, 15) is 0 Å². The molecule has 4 heterocycles. The van der Waals surface area contributed by atoms with Crippen LogP contribution < -0.4 is 5.32 Å². The fraction of sp³-hybridized carbons (Fsp3) is 0.583. The number of nitrogens with one attached hydrogen (secondary N) is 1. The summed E-state index contributed by atoms with van der Waals surface area (Å²) in [6.07, 6.45) is 10.2. The molecule has 1 aromatic carbocycles. The van der Waals surface area contributed by atoms with Gasteiger partial charge in [0.15, 0.2) is 0 Å². The molecule has 2 aromatic rings. The van der Waals surface area contributed by atoms with Gasteiger partial charge < -0.3 is 10.1 Å². The number of hydrogen-bond donors (Lipinski definition) is 1. The Bertz CT molecular complexity index is 813. The zero-order valence-electron chi connectivity index (χ0n) is 17.8. The Balaban J connectivity index is 1.07. The van der Waals surface area contributed by atoms with Gasteiger partial charge in [0.2, 0.25) is 5.95 Å². The molecule has 2 fully saturated rings. The number of ether oxygens (including phenoxy) is 1. The first-order valence-corrected chi connectivity index (χ1v) is 11.5. The standard InChI is InChI=1S/C24H33N5O/c1-2-5-21-18-29(12-7-20(21)4-1)22-8-10-28(11-9-22)17-19-14-25-24(26-15-19)27-16-23-6-3-13-30-23/h1-2,4-5,14-15,22-23H,3,6-13,16-18H2,(H,25,26,27). The highest BCUT2D eigenvalue weighted by molar-refractivity contribution is 5.29. The number of anilines is 1. The van der Waals surface area contributed by atoms with Crippen LogP contribution in [0.2, 0.25) is 0 Å². The van der Waals surface area contributed by atoms with Gasteiger partial charge in [-0.25, -0.2) is 9.97 Å². The molecule has 0 bridgehead atoms. The van der Waals surface area contributed by atoms with Crippen molar-refractivity contribution in [2.45, 2.75) is 57.3 Å². The van der Waals surface area contributed by atoms with Crippen LogP contribution in [0.15, 0.2) is 36.7 Å². The number of rotatable bonds is 6. The van der Waals surface area contributed by atoms with Crippen LogP contribution >= 0.6 is 0 Å². The normalized spacial score (nSPS) is 23.4. The molecule has 0 spiro atoms. The van der Waals surface area contributed by atoms with Crippen LogP contribution in [0.5, 0.6) is 0 Å². The molecule has 1 aromatic heterocycles. The van der Waals surface area contributed by atoms with Gasteiger partial charge in [-0.3, -0.25) is 9.80 Å². The molecule has 0 aliphatic carbocycles. The van der Waals surface area contributed by atoms with E-state index in [1.165, 1.54) is 36.9 Å². The van der Waals surface area contributed by atoms with Crippen molar-refractivity contribution in [2.75, 3.05) is 38.1 Å². The van der Waals surface area contributed by atoms with Crippen LogP contribution in [0.1, 0.15) is 42.4 Å². The van der Waals surface area contributed by atoms with E-state index in [2.05, 4.69) is 49.4 Å². The third-order valence-corrected chi connectivity index (χ3v) is 6.86. The second-order valence-electron chi connectivity index (χ2n) is 8.93. The summed E-state index contributed by atoms with van der Waals surface area (Å²) in [6.45, 7) is 7.26. The Hall–Kier alpha value is -2.02. The second kappa shape index (κ2) is 9.41. The Kier molecular flexibility index (Phi) is 6.25. The fourth-order valence-electron chi connectivity index (χ4n) is 5.07. The summed E-state index contributed by atoms with van der Waals surface area (Å²) in [4.78, 5) is 14.3. The first-order chi connectivity index (χ1) is 14.8. The van der Waals surface area contributed by atoms with Gasteiger partial charge in [-0.2, -0.15) is 0 Å². The van der Waals surface area contributed by atoms with Gasteiger partial charge >= 0.3 is 0 Å². The third kappa shape index (κ3) is 4.82. The SMILES string of the molecule is c1ccc2c(c1)CCN(C1CCN(Cc3cnc(NCC4CCCO4)nc3)CC1)C2. The van der Waals surface area contributed by atoms with Crippen LogP contribution in [0.3, 0.4) is 0 Å². The molecule has 0 radical (unpaired) electrons. The molecule has 1 N–H and O–H groups in total. The maximum atomic E-state index is 5.64. The van der Waals surface area contributed by atoms with Crippen LogP contribution in [-0.4, -0.2) is 64.7 Å². The van der Waals surface area contributed by atoms with Crippen LogP contribution in [0.25, 0.3) is 0 Å². The van der Waals surface area contributed by atoms with Crippen molar-refractivity contribution in [3.63, 3.8) is 0 Å². The van der Waals surface area contributed by atoms with Crippen molar-refractivity contribution >= 4 is 5.95 Å². The Morgan fingerprint density at radius 1 is 1.00 bits per heavy atom. The van der Waals surface area contributed by atoms with E-state index >= 15 is 0 Å². The molecular weight excluding hydrogens is 374 g/mol. The highest BCUT2D eigenvalue weighted by Gasteiger charge is 2.27. The number of aromatic nitrogens is 2. The highest BCUT2D eigenvalue weighted by Crippen LogP contribution is 2.25. The molecule has 6 heteroatoms. The van der Waals surface area contributed by atoms with Crippen LogP contribution in [0.4, 0.5) is 5.95 Å². The van der Waals surface area contributed by atoms with E-state index in [0.717, 1.165) is 58.2 Å². The van der Waals surface area contributed by atoms with Crippen molar-refractivity contribution in [1.29, 1.82) is 0 Å². The largest absolute Gasteiger partial charge is 0.376 e. The van der Waals surface area contributed by atoms with E-state index in [1.54, 1.807) is 5.56 Å². The number of piperidine rings is 1. The van der Waals surface area contributed by atoms with E-state index in [-0.39, 0.29) is 0 Å². The van der Waals surface area contributed by atoms with Gasteiger partial charge in [-0.05, 0) is 56.3 Å². The highest BCUT2D eigenvalue weighted by atomic mass is 16.5. The van der Waals surface area contributed by atoms with Crippen molar-refractivity contribution in [2.24, 2.45) is 0 Å². The molecule has 1 atom stereocenters. The summed E-state index contributed by atoms with van der Waals surface area (Å²) in [6, 6.07) is 9.66. The fourth-order valence-corrected chi connectivity index (χ4v) is 5.07. The number of benzene rings is 1. The molecule has 160 valence electrons. The summed E-state index contributed by atoms with van der Waals surface area (Å²) < 4.78 is 5.64. The van der Waals surface area contributed by atoms with Crippen LogP contribution in [-0.2, 0) is 24.2 Å². The second-order valence-corrected chi connectivity index (χ2v) is 8.93. The summed E-state index contributed by atoms with van der Waals surface area (Å²) in [5.41, 5.74) is 4.26. The van der Waals surface area contributed by atoms with Gasteiger partial charge in [0.25, 0.3) is 0 Å². The monoisotopic (exact) mass is 407 g/mol. The van der Waals surface area contributed by atoms with Gasteiger partial charge in [-0.15, -0.1) is 0 Å². The molecule has 5 rings (SSSR count). The lowest BCUT2D eigenvalue weighted by Gasteiger charge is -2.40. The van der Waals surface area contributed by atoms with Crippen molar-refractivity contribution in [3.05, 3.63) is 53.3 Å². The van der Waals surface area contributed by atoms with E-state index in [4.69, 9.17) is 4.74 Å². The topological polar surface area (TPSA) is 53.5 Å². The van der Waals surface area contributed by atoms with E-state index in [0.29, 0.717) is 12.1 Å². The summed E-state index contributed by atoms with van der Waals surface area (Å²) in [7, 11) is 0. The minimum absolute atomic E-state index is 0.308. The maximum Gasteiger partial charge on any atom is 0.222 e. The number of likely N-dealkylation sites (tertiary alicyclic amines) is 1. The molecule has 2 saturated heterocycles. The predicted molar refractivity (Wildman–Crippen MR) is 118 cm³/mol. The minimum atomic E-state index is 0.308. The lowest BCUT2D eigenvalue weighted by atomic mass is 9.95. The molecule has 1 unspecified atom stereocenters. The first-order valence-electron chi connectivity index (χ1n) is 11.5. The smallest absolute Gasteiger partial charge is 0.222 e. The van der Waals surface area contributed by atoms with Crippen LogP contribution in [0, 0.1) is 0 Å². The molecule has 30 heavy (non-hydrogen) atoms. The molecule has 3 aliphatic heterocycles. The zero-order chi connectivity index (χ0) is 20.2. The molecular formula is C24H33N5O. The average molecular weight is 408 g/mol. The number of nitrogens with zero attached hydrogens (tertiary/aromatic N) is 4. The maximum absolute atomic E-state index is 5.64. The Labute approximate surface area is 179 Å². The van der Waals surface area contributed by atoms with Gasteiger partial charge in [-0.1, -0.05) is 24.3 Å². The Morgan fingerprint density at radius 3 is 2.57 bits per heavy atom. The number of hydrogen-bond acceptors (Lipinski definition) is 6. The van der Waals surface area contributed by atoms with E-state index < -0.39 is 0 Å². The molecule has 0 amide bonds. The zero-order valence-corrected chi connectivity index (χ0v) is 17.8. The van der Waals surface area contributed by atoms with Gasteiger partial charge in [0.1, 0.15) is 0 Å². The van der Waals surface area contributed by atoms with E-state index in [1.807, 2.05) is 12.4 Å². The summed E-state index contributed by atoms with van der Waals surface area (Å²) >= 11 is 0. The molecule has 0 saturated carbocycles. The predicted octanol–water partition coefficient (Wildman–Crippen LogP) is 3.09. The van der Waals surface area contributed by atoms with Gasteiger partial charge in [0.05, 0.1) is 6.10 Å². The molecule has 6 nitrogen and oxygen atoms in total. The average Bonchev–Trinajstić information content (AvgIpc) is 3.33. The minimum Gasteiger partial charge on any atom is -0.376 e. The summed E-state index contributed by atoms with van der Waals surface area (Å²) in [5, 5.41) is 3.30. The van der Waals surface area contributed by atoms with Crippen molar-refractivity contribution in [1.82, 2.24) is 19.8 Å². The number of fused-ring (bicyclic) bond motifs is 1. The lowest BCUT2D eigenvalue weighted by Crippen LogP contribution is -2.46. The van der Waals surface area contributed by atoms with Crippen molar-refractivity contribution < 1.29 is 4.74 Å². The van der Waals surface area contributed by atoms with Crippen molar-refractivity contribution in [3.8, 4) is 0 Å². The quantitative estimate of drug-likeness (QED) is 0.794. The third-order valence-electron chi connectivity index (χ3n) is 6.86. The van der Waals surface area contributed by atoms with Gasteiger partial charge in [0, 0.05) is 56.8 Å². The summed E-state index contributed by atoms with van der Waals surface area (Å²) in [5.74, 6) is 0.707. The first kappa shape index (κ1) is 19.9.